The molecule has 0 unspecified atom stereocenters. The van der Waals surface area contributed by atoms with Crippen LogP contribution in [0, 0.1) is 0 Å². The first-order valence-corrected chi connectivity index (χ1v) is 18.1. The van der Waals surface area contributed by atoms with E-state index in [1.54, 1.807) is 0 Å². The second-order valence-corrected chi connectivity index (χ2v) is 27.2. The van der Waals surface area contributed by atoms with Gasteiger partial charge in [-0.15, -0.1) is 0 Å². The average Bonchev–Trinajstić information content (AvgIpc) is 2.53. The van der Waals surface area contributed by atoms with Crippen LogP contribution in [-0.4, -0.2) is 27.7 Å². The van der Waals surface area contributed by atoms with Gasteiger partial charge in [0.2, 0.25) is 0 Å². The Balaban J connectivity index is 2.90. The number of alkyl halides is 1. The molecule has 0 amide bonds. The lowest BCUT2D eigenvalue weighted by Gasteiger charge is -2.54. The zero-order valence-corrected chi connectivity index (χ0v) is 20.1. The van der Waals surface area contributed by atoms with E-state index in [0.717, 1.165) is 10.4 Å². The maximum Gasteiger partial charge on any atom is 0.319 e. The first-order chi connectivity index (χ1) is 11.0. The van der Waals surface area contributed by atoms with Crippen molar-refractivity contribution in [1.29, 1.82) is 0 Å². The summed E-state index contributed by atoms with van der Waals surface area (Å²) in [6, 6.07) is 19.8. The molecule has 0 atom stereocenters. The van der Waals surface area contributed by atoms with Gasteiger partial charge in [-0.05, 0) is 10.4 Å². The van der Waals surface area contributed by atoms with E-state index in [2.05, 4.69) is 55.2 Å². The van der Waals surface area contributed by atoms with Gasteiger partial charge in [0.05, 0.1) is 16.1 Å². The molecule has 2 aromatic rings. The van der Waals surface area contributed by atoms with Crippen molar-refractivity contribution in [3.63, 3.8) is 0 Å². The lowest BCUT2D eigenvalue weighted by Crippen LogP contribution is -2.82. The fraction of sp³-hybridized carbons (Fsp3) is 0.368. The van der Waals surface area contributed by atoms with Gasteiger partial charge >= 0.3 is 8.41 Å². The third-order valence-electron chi connectivity index (χ3n) is 4.88. The van der Waals surface area contributed by atoms with Crippen LogP contribution in [0.5, 0.6) is 0 Å². The van der Waals surface area contributed by atoms with E-state index in [-0.39, 0.29) is 0 Å². The maximum atomic E-state index is 17.5. The molecule has 0 bridgehead atoms. The Morgan fingerprint density at radius 3 is 1.21 bits per heavy atom. The lowest BCUT2D eigenvalue weighted by atomic mass is 10.4. The van der Waals surface area contributed by atoms with Gasteiger partial charge in [-0.1, -0.05) is 116 Å². The summed E-state index contributed by atoms with van der Waals surface area (Å²) in [5.41, 5.74) is 0. The third-order valence-corrected chi connectivity index (χ3v) is 32.1. The summed E-state index contributed by atoms with van der Waals surface area (Å²) >= 11 is 4.13. The van der Waals surface area contributed by atoms with Crippen LogP contribution in [0.15, 0.2) is 60.7 Å². The van der Waals surface area contributed by atoms with Gasteiger partial charge in [0.15, 0.2) is 0 Å². The summed E-state index contributed by atoms with van der Waals surface area (Å²) in [5, 5.41) is 1.77. The Morgan fingerprint density at radius 2 is 0.958 bits per heavy atom. The largest absolute Gasteiger partial charge is 0.319 e. The monoisotopic (exact) mass is 438 g/mol. The normalized spacial score (nSPS) is 13.8. The molecule has 0 nitrogen and oxygen atoms in total. The minimum Gasteiger partial charge on any atom is -0.301 e. The standard InChI is InChI=1S/C19H28BrFSi3/c1-22(2,3)19(20,23(4,5)6)24(21,17-13-9-7-10-14-17)18-15-11-8-12-16-18/h7-16H,1-6H3. The van der Waals surface area contributed by atoms with Crippen LogP contribution in [-0.2, 0) is 0 Å². The molecule has 5 heteroatoms. The van der Waals surface area contributed by atoms with Crippen LogP contribution in [0.1, 0.15) is 0 Å². The molecule has 0 fully saturated rings. The Bertz CT molecular complexity index is 622. The van der Waals surface area contributed by atoms with Gasteiger partial charge in [-0.25, -0.2) is 0 Å². The zero-order valence-electron chi connectivity index (χ0n) is 15.5. The summed E-state index contributed by atoms with van der Waals surface area (Å²) in [4.78, 5) is 0. The Labute approximate surface area is 157 Å². The van der Waals surface area contributed by atoms with Gasteiger partial charge in [0.1, 0.15) is 0 Å². The highest BCUT2D eigenvalue weighted by Gasteiger charge is 2.68. The molecule has 0 radical (unpaired) electrons. The summed E-state index contributed by atoms with van der Waals surface area (Å²) in [5.74, 6) is 0. The number of hydrogen-bond acceptors (Lipinski definition) is 0. The van der Waals surface area contributed by atoms with E-state index in [0.29, 0.717) is 0 Å². The van der Waals surface area contributed by atoms with E-state index in [4.69, 9.17) is 0 Å². The summed E-state index contributed by atoms with van der Waals surface area (Å²) in [6.07, 6.45) is 0. The smallest absolute Gasteiger partial charge is 0.301 e. The van der Waals surface area contributed by atoms with Crippen LogP contribution in [0.25, 0.3) is 0 Å². The molecule has 0 spiro atoms. The molecule has 0 aliphatic heterocycles. The van der Waals surface area contributed by atoms with Crippen LogP contribution >= 0.6 is 15.9 Å². The molecule has 0 saturated heterocycles. The van der Waals surface area contributed by atoms with Crippen LogP contribution in [0.2, 0.25) is 39.3 Å². The molecular weight excluding hydrogens is 411 g/mol. The zero-order chi connectivity index (χ0) is 18.2. The van der Waals surface area contributed by atoms with E-state index >= 15 is 4.11 Å². The predicted molar refractivity (Wildman–Crippen MR) is 117 cm³/mol. The van der Waals surface area contributed by atoms with Crippen molar-refractivity contribution < 1.29 is 4.11 Å². The van der Waals surface area contributed by atoms with Gasteiger partial charge in [-0.3, -0.25) is 0 Å². The molecule has 2 rings (SSSR count). The Hall–Kier alpha value is -0.499. The minimum atomic E-state index is -3.49. The van der Waals surface area contributed by atoms with Gasteiger partial charge < -0.3 is 4.11 Å². The van der Waals surface area contributed by atoms with Crippen molar-refractivity contribution in [1.82, 2.24) is 0 Å². The van der Waals surface area contributed by atoms with Gasteiger partial charge in [-0.2, -0.15) is 0 Å². The fourth-order valence-electron chi connectivity index (χ4n) is 4.06. The molecule has 24 heavy (non-hydrogen) atoms. The Kier molecular flexibility index (Phi) is 5.51. The number of halogens is 2. The molecule has 130 valence electrons. The average molecular weight is 440 g/mol. The summed E-state index contributed by atoms with van der Waals surface area (Å²) in [7, 11) is -7.25. The molecule has 0 aromatic heterocycles. The second-order valence-electron chi connectivity index (χ2n) is 8.55. The Morgan fingerprint density at radius 1 is 0.667 bits per heavy atom. The summed E-state index contributed by atoms with van der Waals surface area (Å²) < 4.78 is 17.1. The quantitative estimate of drug-likeness (QED) is 0.344. The fourth-order valence-corrected chi connectivity index (χ4v) is 26.9. The molecule has 0 aliphatic rings. The van der Waals surface area contributed by atoms with Gasteiger partial charge in [0, 0.05) is 3.19 Å². The highest BCUT2D eigenvalue weighted by Crippen LogP contribution is 2.46. The summed E-state index contributed by atoms with van der Waals surface area (Å²) in [6.45, 7) is 13.9. The SMILES string of the molecule is C[Si](C)(C)C(Br)([Si](C)(C)C)[Si](F)(c1ccccc1)c1ccccc1. The van der Waals surface area contributed by atoms with Crippen molar-refractivity contribution in [2.45, 2.75) is 42.5 Å². The van der Waals surface area contributed by atoms with E-state index in [1.807, 2.05) is 60.7 Å². The van der Waals surface area contributed by atoms with Crippen LogP contribution in [0.3, 0.4) is 0 Å². The van der Waals surface area contributed by atoms with Crippen molar-refractivity contribution in [3.05, 3.63) is 60.7 Å². The number of rotatable bonds is 5. The molecular formula is C19H28BrFSi3. The third kappa shape index (κ3) is 3.04. The van der Waals surface area contributed by atoms with Crippen LogP contribution in [0.4, 0.5) is 4.11 Å². The molecule has 0 N–H and O–H groups in total. The highest BCUT2D eigenvalue weighted by molar-refractivity contribution is 9.12. The van der Waals surface area contributed by atoms with Crippen molar-refractivity contribution in [3.8, 4) is 0 Å². The maximum absolute atomic E-state index is 17.5. The van der Waals surface area contributed by atoms with Gasteiger partial charge in [0.25, 0.3) is 0 Å². The minimum absolute atomic E-state index is 0.400. The van der Waals surface area contributed by atoms with E-state index in [1.165, 1.54) is 0 Å². The van der Waals surface area contributed by atoms with Crippen molar-refractivity contribution in [2.75, 3.05) is 0 Å². The predicted octanol–water partition coefficient (Wildman–Crippen LogP) is 5.14. The highest BCUT2D eigenvalue weighted by atomic mass is 79.9. The first kappa shape index (κ1) is 19.8. The van der Waals surface area contributed by atoms with E-state index in [9.17, 15) is 0 Å². The topological polar surface area (TPSA) is 0 Å². The lowest BCUT2D eigenvalue weighted by molar-refractivity contribution is 0.810. The second kappa shape index (κ2) is 6.67. The van der Waals surface area contributed by atoms with Crippen molar-refractivity contribution >= 4 is 50.9 Å². The van der Waals surface area contributed by atoms with Crippen LogP contribution < -0.4 is 10.4 Å². The number of hydrogen-bond donors (Lipinski definition) is 0. The first-order valence-electron chi connectivity index (χ1n) is 8.45. The van der Waals surface area contributed by atoms with E-state index < -0.39 is 27.7 Å². The molecule has 0 aliphatic carbocycles. The molecule has 0 saturated carbocycles. The number of benzene rings is 2. The molecule has 2 aromatic carbocycles. The molecule has 0 heterocycles. The van der Waals surface area contributed by atoms with Crippen molar-refractivity contribution in [2.24, 2.45) is 0 Å².